The highest BCUT2D eigenvalue weighted by Gasteiger charge is 1.98. The highest BCUT2D eigenvalue weighted by atomic mass is 32.2. The Morgan fingerprint density at radius 2 is 2.42 bits per heavy atom. The topological polar surface area (TPSA) is 55.6 Å². The molecule has 0 saturated carbocycles. The summed E-state index contributed by atoms with van der Waals surface area (Å²) in [5.41, 5.74) is 0. The minimum absolute atomic E-state index is 0.733. The van der Waals surface area contributed by atoms with E-state index in [1.165, 1.54) is 0 Å². The molecule has 0 aliphatic rings. The first-order valence-electron chi connectivity index (χ1n) is 3.79. The highest BCUT2D eigenvalue weighted by molar-refractivity contribution is 7.98. The third-order valence-corrected chi connectivity index (χ3v) is 2.13. The smallest absolute Gasteiger partial charge is 0.242 e. The largest absolute Gasteiger partial charge is 0.353 e. The summed E-state index contributed by atoms with van der Waals surface area (Å²) in [6.45, 7) is 0.926. The molecular weight excluding hydrogens is 174 g/mol. The Hall–Kier alpha value is -0.780. The van der Waals surface area contributed by atoms with Crippen LogP contribution in [0.4, 0.5) is 5.95 Å². The van der Waals surface area contributed by atoms with Crippen molar-refractivity contribution < 1.29 is 0 Å². The number of thioether (sulfide) groups is 1. The first-order valence-corrected chi connectivity index (χ1v) is 5.19. The van der Waals surface area contributed by atoms with E-state index < -0.39 is 0 Å². The van der Waals surface area contributed by atoms with Gasteiger partial charge < -0.3 is 5.32 Å². The molecule has 1 heterocycles. The van der Waals surface area contributed by atoms with Crippen LogP contribution in [-0.2, 0) is 7.05 Å². The summed E-state index contributed by atoms with van der Waals surface area (Å²) in [6.07, 6.45) is 3.23. The molecule has 0 unspecified atom stereocenters. The number of hydrogen-bond donors (Lipinski definition) is 1. The standard InChI is InChI=1S/C6H13N5S/c1-11-6(8-9-10-11)7-4-3-5-12-2/h3-5H2,1-2H3,(H,7,8,10). The zero-order chi connectivity index (χ0) is 8.81. The van der Waals surface area contributed by atoms with Gasteiger partial charge in [0, 0.05) is 13.6 Å². The van der Waals surface area contributed by atoms with Crippen LogP contribution in [-0.4, -0.2) is 38.8 Å². The number of aromatic nitrogens is 4. The molecule has 5 nitrogen and oxygen atoms in total. The van der Waals surface area contributed by atoms with E-state index in [0.717, 1.165) is 24.7 Å². The average Bonchev–Trinajstić information content (AvgIpc) is 2.46. The van der Waals surface area contributed by atoms with Gasteiger partial charge in [0.15, 0.2) is 0 Å². The Bertz CT molecular complexity index is 223. The number of anilines is 1. The minimum Gasteiger partial charge on any atom is -0.353 e. The fourth-order valence-electron chi connectivity index (χ4n) is 0.796. The van der Waals surface area contributed by atoms with E-state index in [0.29, 0.717) is 0 Å². The molecule has 0 bridgehead atoms. The van der Waals surface area contributed by atoms with Crippen molar-refractivity contribution in [2.45, 2.75) is 6.42 Å². The second kappa shape index (κ2) is 4.97. The van der Waals surface area contributed by atoms with E-state index in [1.807, 2.05) is 18.8 Å². The molecule has 1 aromatic heterocycles. The average molecular weight is 187 g/mol. The van der Waals surface area contributed by atoms with Gasteiger partial charge in [-0.1, -0.05) is 5.10 Å². The zero-order valence-corrected chi connectivity index (χ0v) is 8.13. The van der Waals surface area contributed by atoms with Crippen LogP contribution < -0.4 is 5.32 Å². The van der Waals surface area contributed by atoms with Gasteiger partial charge in [-0.15, -0.1) is 0 Å². The van der Waals surface area contributed by atoms with Crippen LogP contribution in [0.25, 0.3) is 0 Å². The quantitative estimate of drug-likeness (QED) is 0.675. The van der Waals surface area contributed by atoms with Crippen LogP contribution >= 0.6 is 11.8 Å². The Balaban J connectivity index is 2.20. The summed E-state index contributed by atoms with van der Waals surface area (Å²) in [5, 5.41) is 14.2. The fourth-order valence-corrected chi connectivity index (χ4v) is 1.23. The number of tetrazole rings is 1. The van der Waals surface area contributed by atoms with Crippen molar-refractivity contribution in [3.05, 3.63) is 0 Å². The van der Waals surface area contributed by atoms with Gasteiger partial charge >= 0.3 is 0 Å². The van der Waals surface area contributed by atoms with Gasteiger partial charge in [0.25, 0.3) is 0 Å². The maximum absolute atomic E-state index is 3.80. The van der Waals surface area contributed by atoms with E-state index in [2.05, 4.69) is 27.1 Å². The second-order valence-electron chi connectivity index (χ2n) is 2.40. The molecule has 0 saturated heterocycles. The van der Waals surface area contributed by atoms with Gasteiger partial charge in [0.05, 0.1) is 0 Å². The van der Waals surface area contributed by atoms with Crippen molar-refractivity contribution in [3.8, 4) is 0 Å². The lowest BCUT2D eigenvalue weighted by Gasteiger charge is -2.01. The first-order chi connectivity index (χ1) is 5.84. The fraction of sp³-hybridized carbons (Fsp3) is 0.833. The third kappa shape index (κ3) is 2.69. The molecule has 0 spiro atoms. The predicted octanol–water partition coefficient (Wildman–Crippen LogP) is 0.375. The molecule has 0 fully saturated rings. The monoisotopic (exact) mass is 187 g/mol. The molecule has 0 radical (unpaired) electrons. The summed E-state index contributed by atoms with van der Waals surface area (Å²) in [7, 11) is 1.82. The van der Waals surface area contributed by atoms with Crippen LogP contribution in [0.3, 0.4) is 0 Å². The highest BCUT2D eigenvalue weighted by Crippen LogP contribution is 1.98. The van der Waals surface area contributed by atoms with Crippen molar-refractivity contribution >= 4 is 17.7 Å². The predicted molar refractivity (Wildman–Crippen MR) is 50.3 cm³/mol. The van der Waals surface area contributed by atoms with E-state index in [9.17, 15) is 0 Å². The molecule has 1 aromatic rings. The van der Waals surface area contributed by atoms with Crippen molar-refractivity contribution in [1.82, 2.24) is 20.2 Å². The number of nitrogens with zero attached hydrogens (tertiary/aromatic N) is 4. The van der Waals surface area contributed by atoms with Gasteiger partial charge in [-0.2, -0.15) is 11.8 Å². The van der Waals surface area contributed by atoms with Crippen LogP contribution in [0.5, 0.6) is 0 Å². The maximum atomic E-state index is 3.80. The molecule has 1 N–H and O–H groups in total. The minimum atomic E-state index is 0.733. The number of nitrogens with one attached hydrogen (secondary N) is 1. The third-order valence-electron chi connectivity index (χ3n) is 1.43. The molecule has 0 aliphatic carbocycles. The van der Waals surface area contributed by atoms with Gasteiger partial charge in [-0.05, 0) is 28.9 Å². The van der Waals surface area contributed by atoms with Gasteiger partial charge in [-0.25, -0.2) is 4.68 Å². The van der Waals surface area contributed by atoms with Crippen molar-refractivity contribution in [2.24, 2.45) is 7.05 Å². The molecule has 0 atom stereocenters. The van der Waals surface area contributed by atoms with E-state index in [-0.39, 0.29) is 0 Å². The Kier molecular flexibility index (Phi) is 3.86. The van der Waals surface area contributed by atoms with Crippen LogP contribution in [0.2, 0.25) is 0 Å². The van der Waals surface area contributed by atoms with Crippen LogP contribution in [0.1, 0.15) is 6.42 Å². The molecule has 0 aliphatic heterocycles. The lowest BCUT2D eigenvalue weighted by Crippen LogP contribution is -2.07. The molecule has 6 heteroatoms. The summed E-state index contributed by atoms with van der Waals surface area (Å²) in [6, 6.07) is 0. The van der Waals surface area contributed by atoms with E-state index >= 15 is 0 Å². The maximum Gasteiger partial charge on any atom is 0.242 e. The normalized spacial score (nSPS) is 10.2. The van der Waals surface area contributed by atoms with Crippen molar-refractivity contribution in [2.75, 3.05) is 23.9 Å². The Morgan fingerprint density at radius 3 is 3.00 bits per heavy atom. The summed E-state index contributed by atoms with van der Waals surface area (Å²) < 4.78 is 1.62. The molecule has 68 valence electrons. The lowest BCUT2D eigenvalue weighted by molar-refractivity contribution is 0.711. The molecular formula is C6H13N5S. The first kappa shape index (κ1) is 9.31. The van der Waals surface area contributed by atoms with Crippen LogP contribution in [0.15, 0.2) is 0 Å². The molecule has 0 amide bonds. The number of rotatable bonds is 5. The zero-order valence-electron chi connectivity index (χ0n) is 7.32. The molecule has 12 heavy (non-hydrogen) atoms. The Morgan fingerprint density at radius 1 is 1.58 bits per heavy atom. The van der Waals surface area contributed by atoms with Gasteiger partial charge in [0.1, 0.15) is 0 Å². The lowest BCUT2D eigenvalue weighted by atomic mass is 10.5. The summed E-state index contributed by atoms with van der Waals surface area (Å²) in [4.78, 5) is 0. The van der Waals surface area contributed by atoms with E-state index in [1.54, 1.807) is 4.68 Å². The van der Waals surface area contributed by atoms with E-state index in [4.69, 9.17) is 0 Å². The van der Waals surface area contributed by atoms with Crippen LogP contribution in [0, 0.1) is 0 Å². The summed E-state index contributed by atoms with van der Waals surface area (Å²) in [5.74, 6) is 1.90. The number of hydrogen-bond acceptors (Lipinski definition) is 5. The molecule has 1 rings (SSSR count). The van der Waals surface area contributed by atoms with Gasteiger partial charge in [-0.3, -0.25) is 0 Å². The summed E-state index contributed by atoms with van der Waals surface area (Å²) >= 11 is 1.84. The second-order valence-corrected chi connectivity index (χ2v) is 3.38. The number of aryl methyl sites for hydroxylation is 1. The van der Waals surface area contributed by atoms with Crippen molar-refractivity contribution in [3.63, 3.8) is 0 Å². The van der Waals surface area contributed by atoms with Gasteiger partial charge in [0.2, 0.25) is 5.95 Å². The van der Waals surface area contributed by atoms with Crippen molar-refractivity contribution in [1.29, 1.82) is 0 Å². The molecule has 0 aromatic carbocycles. The SMILES string of the molecule is CSCCCNc1nnnn1C. The Labute approximate surface area is 75.9 Å².